The van der Waals surface area contributed by atoms with Gasteiger partial charge in [-0.3, -0.25) is 0 Å². The lowest BCUT2D eigenvalue weighted by Gasteiger charge is -2.10. The quantitative estimate of drug-likeness (QED) is 0.460. The maximum atomic E-state index is 11.4. The number of aryl methyl sites for hydroxylation is 1. The molecule has 0 saturated heterocycles. The molecule has 0 bridgehead atoms. The highest BCUT2D eigenvalue weighted by Gasteiger charge is 2.27. The Kier molecular flexibility index (Phi) is 1.94. The highest BCUT2D eigenvalue weighted by molar-refractivity contribution is 7.91. The summed E-state index contributed by atoms with van der Waals surface area (Å²) in [4.78, 5) is 16.7. The van der Waals surface area contributed by atoms with Gasteiger partial charge in [0.15, 0.2) is 0 Å². The van der Waals surface area contributed by atoms with Crippen LogP contribution in [0.2, 0.25) is 0 Å². The smallest absolute Gasteiger partial charge is 0.234 e. The second-order valence-electron chi connectivity index (χ2n) is 2.79. The lowest BCUT2D eigenvalue weighted by atomic mass is 10.5. The third-order valence-corrected chi connectivity index (χ3v) is 3.52. The largest absolute Gasteiger partial charge is 0.280 e. The molecule has 14 heavy (non-hydrogen) atoms. The van der Waals surface area contributed by atoms with Gasteiger partial charge in [-0.1, -0.05) is 0 Å². The van der Waals surface area contributed by atoms with E-state index in [2.05, 4.69) is 15.1 Å². The molecule has 0 unspecified atom stereocenters. The van der Waals surface area contributed by atoms with Gasteiger partial charge in [-0.25, -0.2) is 17.9 Å². The molecule has 0 amide bonds. The molecule has 0 aromatic carbocycles. The first-order valence-corrected chi connectivity index (χ1v) is 5.54. The number of nitrogens with zero attached hydrogens (tertiary/aromatic N) is 4. The standard InChI is InChI=1S/C6H6N4O3S/c11-4-7-5-8-6-10(9-5)2-1-3-14(6,12)13/h1-3H2. The van der Waals surface area contributed by atoms with Crippen LogP contribution >= 0.6 is 0 Å². The zero-order chi connectivity index (χ0) is 10.2. The molecule has 0 aliphatic carbocycles. The summed E-state index contributed by atoms with van der Waals surface area (Å²) in [7, 11) is -3.34. The SMILES string of the molecule is O=C=Nc1nc2n(n1)CCCS2(=O)=O. The third kappa shape index (κ3) is 1.34. The van der Waals surface area contributed by atoms with Crippen molar-refractivity contribution in [3.63, 3.8) is 0 Å². The van der Waals surface area contributed by atoms with Crippen LogP contribution in [0.15, 0.2) is 10.1 Å². The van der Waals surface area contributed by atoms with Crippen LogP contribution in [0.1, 0.15) is 6.42 Å². The maximum Gasteiger partial charge on any atom is 0.280 e. The van der Waals surface area contributed by atoms with Gasteiger partial charge in [-0.2, -0.15) is 4.98 Å². The van der Waals surface area contributed by atoms with Gasteiger partial charge in [0, 0.05) is 6.54 Å². The Morgan fingerprint density at radius 2 is 2.29 bits per heavy atom. The van der Waals surface area contributed by atoms with Gasteiger partial charge in [0.1, 0.15) is 0 Å². The van der Waals surface area contributed by atoms with Crippen LogP contribution < -0.4 is 0 Å². The summed E-state index contributed by atoms with van der Waals surface area (Å²) in [5, 5.41) is 3.62. The summed E-state index contributed by atoms with van der Waals surface area (Å²) >= 11 is 0. The number of fused-ring (bicyclic) bond motifs is 1. The minimum absolute atomic E-state index is 0.0654. The van der Waals surface area contributed by atoms with Crippen molar-refractivity contribution in [3.05, 3.63) is 0 Å². The molecule has 0 saturated carbocycles. The Labute approximate surface area is 79.4 Å². The van der Waals surface area contributed by atoms with E-state index in [9.17, 15) is 13.2 Å². The lowest BCUT2D eigenvalue weighted by molar-refractivity contribution is 0.493. The zero-order valence-electron chi connectivity index (χ0n) is 7.04. The van der Waals surface area contributed by atoms with Crippen LogP contribution in [0.25, 0.3) is 0 Å². The predicted octanol–water partition coefficient (Wildman–Crippen LogP) is -0.577. The fraction of sp³-hybridized carbons (Fsp3) is 0.500. The molecule has 1 aliphatic rings. The van der Waals surface area contributed by atoms with Crippen molar-refractivity contribution >= 4 is 21.9 Å². The number of sulfone groups is 1. The van der Waals surface area contributed by atoms with Gasteiger partial charge < -0.3 is 0 Å². The lowest BCUT2D eigenvalue weighted by Crippen LogP contribution is -2.22. The van der Waals surface area contributed by atoms with Crippen LogP contribution in [0.5, 0.6) is 0 Å². The highest BCUT2D eigenvalue weighted by Crippen LogP contribution is 2.18. The molecule has 1 aromatic heterocycles. The van der Waals surface area contributed by atoms with Gasteiger partial charge in [0.05, 0.1) is 5.75 Å². The Bertz CT molecular complexity index is 511. The molecule has 2 heterocycles. The molecule has 7 nitrogen and oxygen atoms in total. The van der Waals surface area contributed by atoms with E-state index in [-0.39, 0.29) is 16.9 Å². The number of carbonyl (C=O) groups excluding carboxylic acids is 1. The second kappa shape index (κ2) is 3.00. The van der Waals surface area contributed by atoms with Crippen molar-refractivity contribution in [2.24, 2.45) is 4.99 Å². The molecule has 0 spiro atoms. The molecule has 1 aromatic rings. The van der Waals surface area contributed by atoms with Gasteiger partial charge in [0.2, 0.25) is 21.1 Å². The summed E-state index contributed by atoms with van der Waals surface area (Å²) in [5.74, 6) is -0.0869. The molecule has 2 rings (SSSR count). The Morgan fingerprint density at radius 1 is 1.50 bits per heavy atom. The molecule has 0 N–H and O–H groups in total. The minimum Gasteiger partial charge on any atom is -0.234 e. The fourth-order valence-corrected chi connectivity index (χ4v) is 2.64. The molecule has 0 radical (unpaired) electrons. The van der Waals surface area contributed by atoms with E-state index in [4.69, 9.17) is 0 Å². The maximum absolute atomic E-state index is 11.4. The number of aromatic nitrogens is 3. The Morgan fingerprint density at radius 3 is 2.93 bits per heavy atom. The molecule has 8 heteroatoms. The van der Waals surface area contributed by atoms with Crippen molar-refractivity contribution in [2.45, 2.75) is 18.1 Å². The van der Waals surface area contributed by atoms with E-state index in [1.807, 2.05) is 0 Å². The summed E-state index contributed by atoms with van der Waals surface area (Å²) in [6.07, 6.45) is 1.77. The Balaban J connectivity index is 2.60. The normalized spacial score (nSPS) is 18.3. The topological polar surface area (TPSA) is 94.3 Å². The van der Waals surface area contributed by atoms with E-state index in [0.29, 0.717) is 13.0 Å². The second-order valence-corrected chi connectivity index (χ2v) is 4.80. The summed E-state index contributed by atoms with van der Waals surface area (Å²) in [5.41, 5.74) is 0. The third-order valence-electron chi connectivity index (χ3n) is 1.83. The molecular formula is C6H6N4O3S. The van der Waals surface area contributed by atoms with Crippen LogP contribution in [0, 0.1) is 0 Å². The zero-order valence-corrected chi connectivity index (χ0v) is 7.86. The Hall–Kier alpha value is -1.53. The predicted molar refractivity (Wildman–Crippen MR) is 44.5 cm³/mol. The van der Waals surface area contributed by atoms with Crippen molar-refractivity contribution < 1.29 is 13.2 Å². The fourth-order valence-electron chi connectivity index (χ4n) is 1.28. The number of hydrogen-bond acceptors (Lipinski definition) is 6. The van der Waals surface area contributed by atoms with E-state index in [0.717, 1.165) is 0 Å². The number of isocyanates is 1. The average molecular weight is 214 g/mol. The monoisotopic (exact) mass is 214 g/mol. The van der Waals surface area contributed by atoms with E-state index < -0.39 is 9.84 Å². The highest BCUT2D eigenvalue weighted by atomic mass is 32.2. The van der Waals surface area contributed by atoms with Crippen LogP contribution in [-0.2, 0) is 21.2 Å². The van der Waals surface area contributed by atoms with Crippen molar-refractivity contribution in [3.8, 4) is 0 Å². The molecule has 0 atom stereocenters. The molecule has 0 fully saturated rings. The first kappa shape index (κ1) is 9.04. The average Bonchev–Trinajstić information content (AvgIpc) is 2.49. The first-order chi connectivity index (χ1) is 6.63. The number of rotatable bonds is 1. The van der Waals surface area contributed by atoms with Crippen LogP contribution in [-0.4, -0.2) is 35.0 Å². The first-order valence-electron chi connectivity index (χ1n) is 3.89. The van der Waals surface area contributed by atoms with Crippen molar-refractivity contribution in [1.82, 2.24) is 14.8 Å². The minimum atomic E-state index is -3.34. The van der Waals surface area contributed by atoms with Gasteiger partial charge in [-0.05, 0) is 6.42 Å². The van der Waals surface area contributed by atoms with Crippen molar-refractivity contribution in [2.75, 3.05) is 5.75 Å². The van der Waals surface area contributed by atoms with Gasteiger partial charge in [-0.15, -0.1) is 10.1 Å². The van der Waals surface area contributed by atoms with E-state index in [1.54, 1.807) is 0 Å². The van der Waals surface area contributed by atoms with Crippen LogP contribution in [0.3, 0.4) is 0 Å². The molecule has 74 valence electrons. The van der Waals surface area contributed by atoms with E-state index in [1.165, 1.54) is 10.8 Å². The van der Waals surface area contributed by atoms with E-state index >= 15 is 0 Å². The number of aliphatic imine (C=N–C) groups is 1. The summed E-state index contributed by atoms with van der Waals surface area (Å²) in [6.45, 7) is 0.482. The molecule has 1 aliphatic heterocycles. The molecular weight excluding hydrogens is 208 g/mol. The van der Waals surface area contributed by atoms with Gasteiger partial charge >= 0.3 is 0 Å². The van der Waals surface area contributed by atoms with Crippen LogP contribution in [0.4, 0.5) is 5.95 Å². The number of hydrogen-bond donors (Lipinski definition) is 0. The van der Waals surface area contributed by atoms with Crippen molar-refractivity contribution in [1.29, 1.82) is 0 Å². The van der Waals surface area contributed by atoms with Gasteiger partial charge in [0.25, 0.3) is 5.95 Å². The summed E-state index contributed by atoms with van der Waals surface area (Å²) < 4.78 is 24.1. The summed E-state index contributed by atoms with van der Waals surface area (Å²) in [6, 6.07) is 0.